The molecule has 1 aliphatic carbocycles. The fourth-order valence-corrected chi connectivity index (χ4v) is 6.23. The molecular weight excluding hydrogens is 492 g/mol. The van der Waals surface area contributed by atoms with Crippen molar-refractivity contribution in [3.05, 3.63) is 93.5 Å². The van der Waals surface area contributed by atoms with Crippen molar-refractivity contribution in [1.82, 2.24) is 5.32 Å². The van der Waals surface area contributed by atoms with Gasteiger partial charge in [0.15, 0.2) is 0 Å². The number of aryl methyl sites for hydroxylation is 4. The maximum absolute atomic E-state index is 13.7. The summed E-state index contributed by atoms with van der Waals surface area (Å²) in [5, 5.41) is 3.53. The largest absolute Gasteiger partial charge is 0.348 e. The van der Waals surface area contributed by atoms with Gasteiger partial charge in [-0.15, -0.1) is 0 Å². The number of carbonyl (C=O) groups excluding carboxylic acids is 1. The van der Waals surface area contributed by atoms with Crippen LogP contribution in [0.5, 0.6) is 0 Å². The van der Waals surface area contributed by atoms with Crippen molar-refractivity contribution in [2.75, 3.05) is 10.8 Å². The van der Waals surface area contributed by atoms with E-state index in [-0.39, 0.29) is 23.4 Å². The zero-order valence-electron chi connectivity index (χ0n) is 21.1. The molecule has 0 radical (unpaired) electrons. The van der Waals surface area contributed by atoms with E-state index in [0.717, 1.165) is 29.5 Å². The van der Waals surface area contributed by atoms with E-state index in [0.29, 0.717) is 17.1 Å². The highest BCUT2D eigenvalue weighted by molar-refractivity contribution is 7.92. The zero-order chi connectivity index (χ0) is 25.9. The molecule has 0 aliphatic heterocycles. The van der Waals surface area contributed by atoms with Crippen LogP contribution < -0.4 is 9.62 Å². The van der Waals surface area contributed by atoms with Gasteiger partial charge in [-0.1, -0.05) is 42.8 Å². The van der Waals surface area contributed by atoms with Crippen LogP contribution in [0.15, 0.2) is 65.6 Å². The number of hydrogen-bond donors (Lipinski definition) is 1. The molecule has 4 rings (SSSR count). The first kappa shape index (κ1) is 26.2. The van der Waals surface area contributed by atoms with Gasteiger partial charge in [-0.2, -0.15) is 0 Å². The normalized spacial score (nSPS) is 14.1. The standard InChI is InChI=1S/C29H33ClN2O3S/c1-4-28(24-11-10-22-7-5-6-8-23(22)18-24)31-29(33)19-32(26-14-9-20(2)21(3)17-26)36(34,35)27-15-12-25(30)13-16-27/h9-18,28H,4-8,19H2,1-3H3,(H,31,33). The SMILES string of the molecule is CCC(NC(=O)CN(c1ccc(C)c(C)c1)S(=O)(=O)c1ccc(Cl)cc1)c1ccc2c(c1)CCCC2. The quantitative estimate of drug-likeness (QED) is 0.376. The molecule has 0 saturated carbocycles. The molecule has 1 atom stereocenters. The molecule has 190 valence electrons. The van der Waals surface area contributed by atoms with Crippen LogP contribution in [0.3, 0.4) is 0 Å². The summed E-state index contributed by atoms with van der Waals surface area (Å²) in [7, 11) is -4.00. The van der Waals surface area contributed by atoms with E-state index < -0.39 is 10.0 Å². The van der Waals surface area contributed by atoms with Gasteiger partial charge < -0.3 is 5.32 Å². The molecule has 3 aromatic carbocycles. The molecule has 3 aromatic rings. The summed E-state index contributed by atoms with van der Waals surface area (Å²) >= 11 is 5.98. The summed E-state index contributed by atoms with van der Waals surface area (Å²) in [6, 6.07) is 17.7. The fourth-order valence-electron chi connectivity index (χ4n) is 4.69. The zero-order valence-corrected chi connectivity index (χ0v) is 22.6. The van der Waals surface area contributed by atoms with E-state index in [9.17, 15) is 13.2 Å². The summed E-state index contributed by atoms with van der Waals surface area (Å²) < 4.78 is 28.5. The Morgan fingerprint density at radius 1 is 0.944 bits per heavy atom. The fraction of sp³-hybridized carbons (Fsp3) is 0.345. The number of nitrogens with one attached hydrogen (secondary N) is 1. The van der Waals surface area contributed by atoms with Crippen molar-refractivity contribution < 1.29 is 13.2 Å². The number of benzene rings is 3. The average Bonchev–Trinajstić information content (AvgIpc) is 2.87. The Morgan fingerprint density at radius 2 is 1.64 bits per heavy atom. The average molecular weight is 525 g/mol. The van der Waals surface area contributed by atoms with Crippen LogP contribution in [-0.4, -0.2) is 20.9 Å². The van der Waals surface area contributed by atoms with Crippen LogP contribution in [0.2, 0.25) is 5.02 Å². The monoisotopic (exact) mass is 524 g/mol. The van der Waals surface area contributed by atoms with E-state index in [1.165, 1.54) is 52.5 Å². The van der Waals surface area contributed by atoms with Crippen molar-refractivity contribution in [2.45, 2.75) is 63.8 Å². The van der Waals surface area contributed by atoms with Crippen LogP contribution in [0.4, 0.5) is 5.69 Å². The van der Waals surface area contributed by atoms with Gasteiger partial charge in [-0.3, -0.25) is 9.10 Å². The van der Waals surface area contributed by atoms with Gasteiger partial charge in [-0.25, -0.2) is 8.42 Å². The molecule has 7 heteroatoms. The minimum atomic E-state index is -4.00. The molecular formula is C29H33ClN2O3S. The smallest absolute Gasteiger partial charge is 0.264 e. The Balaban J connectivity index is 1.62. The maximum Gasteiger partial charge on any atom is 0.264 e. The molecule has 36 heavy (non-hydrogen) atoms. The molecule has 0 saturated heterocycles. The lowest BCUT2D eigenvalue weighted by Gasteiger charge is -2.27. The number of hydrogen-bond acceptors (Lipinski definition) is 3. The van der Waals surface area contributed by atoms with Crippen molar-refractivity contribution in [2.24, 2.45) is 0 Å². The maximum atomic E-state index is 13.7. The van der Waals surface area contributed by atoms with Gasteiger partial charge in [0, 0.05) is 5.02 Å². The first-order valence-corrected chi connectivity index (χ1v) is 14.3. The topological polar surface area (TPSA) is 66.5 Å². The molecule has 1 amide bonds. The molecule has 0 spiro atoms. The third-order valence-corrected chi connectivity index (χ3v) is 9.03. The van der Waals surface area contributed by atoms with Crippen LogP contribution in [0, 0.1) is 13.8 Å². The summed E-state index contributed by atoms with van der Waals surface area (Å²) in [5.74, 6) is -0.352. The number of halogens is 1. The summed E-state index contributed by atoms with van der Waals surface area (Å²) in [4.78, 5) is 13.4. The number of nitrogens with zero attached hydrogens (tertiary/aromatic N) is 1. The molecule has 1 aliphatic rings. The van der Waals surface area contributed by atoms with Crippen LogP contribution in [0.25, 0.3) is 0 Å². The second kappa shape index (κ2) is 11.1. The number of amides is 1. The van der Waals surface area contributed by atoms with E-state index in [2.05, 4.69) is 23.5 Å². The van der Waals surface area contributed by atoms with Crippen LogP contribution in [0.1, 0.15) is 60.0 Å². The highest BCUT2D eigenvalue weighted by atomic mass is 35.5. The first-order valence-electron chi connectivity index (χ1n) is 12.5. The molecule has 0 heterocycles. The molecule has 5 nitrogen and oxygen atoms in total. The molecule has 0 bridgehead atoms. The number of fused-ring (bicyclic) bond motifs is 1. The Bertz CT molecular complexity index is 1350. The second-order valence-electron chi connectivity index (χ2n) is 9.50. The molecule has 1 unspecified atom stereocenters. The molecule has 0 aromatic heterocycles. The Morgan fingerprint density at radius 3 is 2.31 bits per heavy atom. The third-order valence-electron chi connectivity index (χ3n) is 6.99. The van der Waals surface area contributed by atoms with Gasteiger partial charge in [0.05, 0.1) is 16.6 Å². The highest BCUT2D eigenvalue weighted by Crippen LogP contribution is 2.28. The van der Waals surface area contributed by atoms with Gasteiger partial charge >= 0.3 is 0 Å². The second-order valence-corrected chi connectivity index (χ2v) is 11.8. The van der Waals surface area contributed by atoms with Crippen molar-refractivity contribution in [1.29, 1.82) is 0 Å². The Kier molecular flexibility index (Phi) is 8.06. The predicted octanol–water partition coefficient (Wildman–Crippen LogP) is 6.30. The van der Waals surface area contributed by atoms with Crippen molar-refractivity contribution in [3.8, 4) is 0 Å². The van der Waals surface area contributed by atoms with Crippen LogP contribution >= 0.6 is 11.6 Å². The Hall–Kier alpha value is -2.83. The van der Waals surface area contributed by atoms with Gasteiger partial charge in [0.25, 0.3) is 10.0 Å². The lowest BCUT2D eigenvalue weighted by Crippen LogP contribution is -2.42. The minimum absolute atomic E-state index is 0.0830. The highest BCUT2D eigenvalue weighted by Gasteiger charge is 2.28. The predicted molar refractivity (Wildman–Crippen MR) is 146 cm³/mol. The molecule has 1 N–H and O–H groups in total. The van der Waals surface area contributed by atoms with Gasteiger partial charge in [-0.05, 0) is 110 Å². The van der Waals surface area contributed by atoms with E-state index in [1.54, 1.807) is 12.1 Å². The third kappa shape index (κ3) is 5.76. The minimum Gasteiger partial charge on any atom is -0.348 e. The number of rotatable bonds is 8. The van der Waals surface area contributed by atoms with Crippen molar-refractivity contribution in [3.63, 3.8) is 0 Å². The van der Waals surface area contributed by atoms with Crippen LogP contribution in [-0.2, 0) is 27.7 Å². The lowest BCUT2D eigenvalue weighted by molar-refractivity contribution is -0.120. The summed E-state index contributed by atoms with van der Waals surface area (Å²) in [5.41, 5.74) is 6.25. The van der Waals surface area contributed by atoms with E-state index in [1.807, 2.05) is 26.8 Å². The van der Waals surface area contributed by atoms with Gasteiger partial charge in [0.2, 0.25) is 5.91 Å². The van der Waals surface area contributed by atoms with E-state index >= 15 is 0 Å². The summed E-state index contributed by atoms with van der Waals surface area (Å²) in [6.07, 6.45) is 5.28. The molecule has 0 fully saturated rings. The number of anilines is 1. The van der Waals surface area contributed by atoms with E-state index in [4.69, 9.17) is 11.6 Å². The number of sulfonamides is 1. The summed E-state index contributed by atoms with van der Waals surface area (Å²) in [6.45, 7) is 5.59. The lowest BCUT2D eigenvalue weighted by atomic mass is 9.89. The van der Waals surface area contributed by atoms with Gasteiger partial charge in [0.1, 0.15) is 6.54 Å². The first-order chi connectivity index (χ1) is 17.2. The van der Waals surface area contributed by atoms with Crippen molar-refractivity contribution >= 4 is 33.2 Å². The number of carbonyl (C=O) groups is 1. The Labute approximate surface area is 219 Å².